The summed E-state index contributed by atoms with van der Waals surface area (Å²) in [5.74, 6) is 1.10. The standard InChI is InChI=1S/C23H31N3.C20H31BO2.C19H22ClN.C5H3BrClN.C5H11N/c1-22(2)8-9-23(3,4)20-15-17(5-6-19(20)22)18-7-10-25-21(16-18)26-13-11-24-12-14-26;1-17(2)11-12-18(3,4)16-13-14(9-10-15(16)17)21-22-19(5,6)20(7,8)23-21;1-18(2)8-9-19(3,4)16-11-13(5-6-15(16)18)14-7-10-21-17(20)12-14;6-4-1-2-8-5(7)3-4;1-2-4-6-5-3-1/h5-7,10,15-16,24H,8-9,11-14H2,1-4H3;9-10,13H,11-12H2,1-8H3;5-7,10-12H,8-9H2,1-4H3;1-3H;6H,1-5H2. The smallest absolute Gasteiger partial charge is 0.399 e. The molecule has 3 saturated heterocycles. The number of hydrogen-bond donors (Lipinski definition) is 2. The molecule has 6 aromatic rings. The minimum absolute atomic E-state index is 0.213. The van der Waals surface area contributed by atoms with E-state index in [0.29, 0.717) is 10.3 Å². The van der Waals surface area contributed by atoms with Gasteiger partial charge in [-0.25, -0.2) is 15.0 Å². The van der Waals surface area contributed by atoms with Crippen LogP contribution in [0.4, 0.5) is 5.82 Å². The number of rotatable bonds is 4. The zero-order valence-corrected chi connectivity index (χ0v) is 56.9. The molecule has 0 bridgehead atoms. The molecule has 12 rings (SSSR count). The monoisotopic (exact) mass is 1240 g/mol. The lowest BCUT2D eigenvalue weighted by atomic mass is 9.61. The van der Waals surface area contributed by atoms with Gasteiger partial charge in [0.05, 0.1) is 11.2 Å². The predicted molar refractivity (Wildman–Crippen MR) is 361 cm³/mol. The first-order valence-corrected chi connectivity index (χ1v) is 32.7. The van der Waals surface area contributed by atoms with Gasteiger partial charge in [-0.1, -0.05) is 183 Å². The molecule has 12 heteroatoms. The number of piperazine rings is 1. The number of benzene rings is 3. The van der Waals surface area contributed by atoms with Crippen LogP contribution in [-0.2, 0) is 41.8 Å². The maximum atomic E-state index is 6.24. The Hall–Kier alpha value is -4.13. The Kier molecular flexibility index (Phi) is 20.6. The van der Waals surface area contributed by atoms with E-state index in [0.717, 1.165) is 47.5 Å². The van der Waals surface area contributed by atoms with Gasteiger partial charge in [0, 0.05) is 49.2 Å². The summed E-state index contributed by atoms with van der Waals surface area (Å²) in [6.45, 7) is 43.5. The SMILES string of the molecule is C1CCNCC1.CC1(C)CCC(C)(C)c2cc(-c3ccnc(Cl)c3)ccc21.CC1(C)CCC(C)(C)c2cc(-c3ccnc(N4CCNCC4)c3)ccc21.CC1(C)CCC(C)(C)c2cc(B3OC(C)(C)C(C)(C)O3)ccc21.Clc1cc(Br)ccn1. The third-order valence-electron chi connectivity index (χ3n) is 19.6. The summed E-state index contributed by atoms with van der Waals surface area (Å²) in [6, 6.07) is 32.7. The van der Waals surface area contributed by atoms with Crippen molar-refractivity contribution >= 4 is 57.5 Å². The summed E-state index contributed by atoms with van der Waals surface area (Å²) in [7, 11) is -0.272. The first-order chi connectivity index (χ1) is 39.3. The van der Waals surface area contributed by atoms with Crippen molar-refractivity contribution in [1.82, 2.24) is 25.6 Å². The molecule has 0 radical (unpaired) electrons. The Bertz CT molecular complexity index is 3170. The van der Waals surface area contributed by atoms with Gasteiger partial charge >= 0.3 is 7.12 Å². The van der Waals surface area contributed by atoms with Crippen LogP contribution < -0.4 is 21.0 Å². The summed E-state index contributed by atoms with van der Waals surface area (Å²) >= 11 is 14.8. The number of pyridine rings is 3. The number of halogens is 3. The normalized spacial score (nSPS) is 21.3. The minimum Gasteiger partial charge on any atom is -0.399 e. The van der Waals surface area contributed by atoms with Crippen molar-refractivity contribution in [2.24, 2.45) is 0 Å². The molecule has 3 aliphatic carbocycles. The predicted octanol–water partition coefficient (Wildman–Crippen LogP) is 17.9. The van der Waals surface area contributed by atoms with Crippen molar-refractivity contribution in [1.29, 1.82) is 0 Å². The first kappa shape index (κ1) is 65.8. The summed E-state index contributed by atoms with van der Waals surface area (Å²) in [6.07, 6.45) is 17.0. The van der Waals surface area contributed by atoms with Crippen molar-refractivity contribution in [3.05, 3.63) is 158 Å². The third-order valence-corrected chi connectivity index (χ3v) is 20.5. The maximum absolute atomic E-state index is 6.24. The first-order valence-electron chi connectivity index (χ1n) is 31.1. The molecular weight excluding hydrogens is 1140 g/mol. The zero-order valence-electron chi connectivity index (χ0n) is 53.8. The number of aromatic nitrogens is 3. The molecule has 0 unspecified atom stereocenters. The Morgan fingerprint density at radius 2 is 0.798 bits per heavy atom. The molecule has 3 fully saturated rings. The molecule has 3 aromatic heterocycles. The Labute approximate surface area is 525 Å². The van der Waals surface area contributed by atoms with Crippen molar-refractivity contribution < 1.29 is 9.31 Å². The number of piperidine rings is 1. The van der Waals surface area contributed by atoms with Gasteiger partial charge < -0.3 is 24.8 Å². The highest BCUT2D eigenvalue weighted by Crippen LogP contribution is 2.49. The Morgan fingerprint density at radius 1 is 0.417 bits per heavy atom. The quantitative estimate of drug-likeness (QED) is 0.133. The number of hydrogen-bond acceptors (Lipinski definition) is 8. The van der Waals surface area contributed by atoms with E-state index in [-0.39, 0.29) is 50.8 Å². The number of anilines is 1. The molecule has 3 aromatic carbocycles. The topological polar surface area (TPSA) is 84.4 Å². The average molecular weight is 1240 g/mol. The lowest BCUT2D eigenvalue weighted by molar-refractivity contribution is 0.00578. The van der Waals surface area contributed by atoms with Crippen LogP contribution in [0.2, 0.25) is 10.3 Å². The second-order valence-electron chi connectivity index (χ2n) is 29.3. The van der Waals surface area contributed by atoms with Gasteiger partial charge in [-0.05, 0) is 222 Å². The molecule has 6 heterocycles. The highest BCUT2D eigenvalue weighted by atomic mass is 79.9. The molecule has 2 N–H and O–H groups in total. The van der Waals surface area contributed by atoms with Crippen molar-refractivity contribution in [3.63, 3.8) is 0 Å². The Morgan fingerprint density at radius 3 is 1.20 bits per heavy atom. The van der Waals surface area contributed by atoms with Crippen LogP contribution in [0, 0.1) is 0 Å². The fourth-order valence-electron chi connectivity index (χ4n) is 12.7. The summed E-state index contributed by atoms with van der Waals surface area (Å²) in [5.41, 5.74) is 15.9. The lowest BCUT2D eigenvalue weighted by Gasteiger charge is -2.42. The fraction of sp³-hybridized carbons (Fsp3) is 0.542. The van der Waals surface area contributed by atoms with Crippen LogP contribution in [0.25, 0.3) is 22.3 Å². The molecule has 0 amide bonds. The van der Waals surface area contributed by atoms with Gasteiger partial charge in [-0.2, -0.15) is 0 Å². The van der Waals surface area contributed by atoms with Crippen LogP contribution in [0.15, 0.2) is 114 Å². The van der Waals surface area contributed by atoms with Crippen molar-refractivity contribution in [2.45, 2.75) is 212 Å². The summed E-state index contributed by atoms with van der Waals surface area (Å²) in [4.78, 5) is 14.9. The molecule has 6 aliphatic rings. The van der Waals surface area contributed by atoms with E-state index in [1.165, 1.54) is 121 Å². The zero-order chi connectivity index (χ0) is 61.1. The van der Waals surface area contributed by atoms with Gasteiger partial charge in [0.1, 0.15) is 16.1 Å². The van der Waals surface area contributed by atoms with Crippen LogP contribution in [0.1, 0.15) is 202 Å². The van der Waals surface area contributed by atoms with E-state index in [9.17, 15) is 0 Å². The largest absolute Gasteiger partial charge is 0.494 e. The third kappa shape index (κ3) is 15.8. The van der Waals surface area contributed by atoms with Crippen LogP contribution >= 0.6 is 39.1 Å². The molecule has 3 aliphatic heterocycles. The number of nitrogens with zero attached hydrogens (tertiary/aromatic N) is 4. The molecule has 8 nitrogen and oxygen atoms in total. The van der Waals surface area contributed by atoms with Gasteiger partial charge in [0.15, 0.2) is 0 Å². The minimum atomic E-state index is -0.289. The average Bonchev–Trinajstić information content (AvgIpc) is 1.45. The van der Waals surface area contributed by atoms with E-state index in [1.807, 2.05) is 24.4 Å². The number of nitrogens with one attached hydrogen (secondary N) is 2. The van der Waals surface area contributed by atoms with E-state index in [1.54, 1.807) is 18.5 Å². The second-order valence-corrected chi connectivity index (χ2v) is 31.0. The van der Waals surface area contributed by atoms with Gasteiger partial charge in [0.2, 0.25) is 0 Å². The number of fused-ring (bicyclic) bond motifs is 3. The van der Waals surface area contributed by atoms with Crippen LogP contribution in [0.3, 0.4) is 0 Å². The molecular formula is C72H98BBrCl2N6O2. The van der Waals surface area contributed by atoms with Crippen molar-refractivity contribution in [3.8, 4) is 22.3 Å². The Balaban J connectivity index is 0.000000147. The van der Waals surface area contributed by atoms with Crippen molar-refractivity contribution in [2.75, 3.05) is 44.2 Å². The van der Waals surface area contributed by atoms with E-state index < -0.39 is 0 Å². The van der Waals surface area contributed by atoms with E-state index >= 15 is 0 Å². The van der Waals surface area contributed by atoms with Gasteiger partial charge in [0.25, 0.3) is 0 Å². The molecule has 84 heavy (non-hydrogen) atoms. The molecule has 452 valence electrons. The van der Waals surface area contributed by atoms with Crippen LogP contribution in [-0.4, -0.2) is 72.5 Å². The van der Waals surface area contributed by atoms with Crippen LogP contribution in [0.5, 0.6) is 0 Å². The highest BCUT2D eigenvalue weighted by molar-refractivity contribution is 9.10. The van der Waals surface area contributed by atoms with Gasteiger partial charge in [-0.3, -0.25) is 0 Å². The van der Waals surface area contributed by atoms with Gasteiger partial charge in [-0.15, -0.1) is 0 Å². The summed E-state index contributed by atoms with van der Waals surface area (Å²) < 4.78 is 13.4. The summed E-state index contributed by atoms with van der Waals surface area (Å²) in [5, 5.41) is 7.76. The van der Waals surface area contributed by atoms with E-state index in [4.69, 9.17) is 32.5 Å². The molecule has 0 atom stereocenters. The molecule has 0 saturated carbocycles. The highest BCUT2D eigenvalue weighted by Gasteiger charge is 2.52. The maximum Gasteiger partial charge on any atom is 0.494 e. The molecule has 0 spiro atoms. The lowest BCUT2D eigenvalue weighted by Crippen LogP contribution is -2.43. The fourth-order valence-corrected chi connectivity index (χ4v) is 13.5. The van der Waals surface area contributed by atoms with E-state index in [2.05, 4.69) is 224 Å². The second kappa shape index (κ2) is 26.3.